The Morgan fingerprint density at radius 1 is 1.67 bits per heavy atom. The first-order valence-corrected chi connectivity index (χ1v) is 4.71. The van der Waals surface area contributed by atoms with Crippen LogP contribution in [0, 0.1) is 5.41 Å². The molecule has 0 aliphatic heterocycles. The number of carbonyl (C=O) groups excluding carboxylic acids is 2. The highest BCUT2D eigenvalue weighted by atomic mass is 16.2. The molecule has 0 aliphatic carbocycles. The number of H-pyrrole nitrogens is 1. The summed E-state index contributed by atoms with van der Waals surface area (Å²) in [5, 5.41) is 2.66. The van der Waals surface area contributed by atoms with E-state index in [0.717, 1.165) is 5.69 Å². The van der Waals surface area contributed by atoms with Crippen LogP contribution in [-0.4, -0.2) is 28.7 Å². The molecule has 1 aromatic heterocycles. The molecular weight excluding hydrogens is 194 g/mol. The van der Waals surface area contributed by atoms with Crippen LogP contribution in [0.15, 0.2) is 12.5 Å². The van der Waals surface area contributed by atoms with Gasteiger partial charge in [-0.1, -0.05) is 0 Å². The van der Waals surface area contributed by atoms with Crippen LogP contribution in [0.4, 0.5) is 0 Å². The van der Waals surface area contributed by atoms with E-state index in [1.165, 1.54) is 13.8 Å². The van der Waals surface area contributed by atoms with Crippen molar-refractivity contribution in [2.24, 2.45) is 5.41 Å². The van der Waals surface area contributed by atoms with Crippen molar-refractivity contribution in [3.05, 3.63) is 18.2 Å². The molecule has 0 saturated heterocycles. The highest BCUT2D eigenvalue weighted by Gasteiger charge is 2.27. The molecule has 1 radical (unpaired) electrons. The number of rotatable bonds is 5. The number of hydrogen-bond donors (Lipinski definition) is 2. The number of nitrogens with one attached hydrogen (secondary N) is 2. The number of aromatic nitrogens is 2. The van der Waals surface area contributed by atoms with Gasteiger partial charge in [-0.2, -0.15) is 0 Å². The zero-order chi connectivity index (χ0) is 11.3. The van der Waals surface area contributed by atoms with E-state index in [2.05, 4.69) is 15.3 Å². The molecule has 1 amide bonds. The van der Waals surface area contributed by atoms with Crippen molar-refractivity contribution in [3.63, 3.8) is 0 Å². The highest BCUT2D eigenvalue weighted by molar-refractivity contribution is 5.95. The van der Waals surface area contributed by atoms with Gasteiger partial charge in [0.05, 0.1) is 12.0 Å². The molecule has 2 N–H and O–H groups in total. The van der Waals surface area contributed by atoms with Crippen molar-refractivity contribution in [2.45, 2.75) is 20.3 Å². The van der Waals surface area contributed by atoms with Gasteiger partial charge in [0.1, 0.15) is 5.41 Å². The summed E-state index contributed by atoms with van der Waals surface area (Å²) < 4.78 is 0. The maximum Gasteiger partial charge on any atom is 0.233 e. The number of imidazole rings is 1. The van der Waals surface area contributed by atoms with Gasteiger partial charge in [-0.3, -0.25) is 9.59 Å². The van der Waals surface area contributed by atoms with Crippen molar-refractivity contribution in [1.82, 2.24) is 15.3 Å². The lowest BCUT2D eigenvalue weighted by atomic mass is 9.95. The Bertz CT molecular complexity index is 330. The molecule has 1 heterocycles. The van der Waals surface area contributed by atoms with Crippen LogP contribution >= 0.6 is 0 Å². The van der Waals surface area contributed by atoms with Crippen LogP contribution < -0.4 is 5.32 Å². The molecule has 1 rings (SSSR count). The minimum absolute atomic E-state index is 0.312. The van der Waals surface area contributed by atoms with Crippen LogP contribution in [-0.2, 0) is 16.0 Å². The van der Waals surface area contributed by atoms with Crippen molar-refractivity contribution < 1.29 is 9.59 Å². The molecule has 0 saturated carbocycles. The quantitative estimate of drug-likeness (QED) is 0.679. The molecule has 5 nitrogen and oxygen atoms in total. The van der Waals surface area contributed by atoms with Gasteiger partial charge < -0.3 is 10.3 Å². The fraction of sp³-hybridized carbons (Fsp3) is 0.500. The number of amides is 1. The van der Waals surface area contributed by atoms with Crippen LogP contribution in [0.2, 0.25) is 0 Å². The van der Waals surface area contributed by atoms with E-state index in [1.54, 1.807) is 18.8 Å². The predicted molar refractivity (Wildman–Crippen MR) is 54.8 cm³/mol. The summed E-state index contributed by atoms with van der Waals surface area (Å²) in [5.41, 5.74) is -0.200. The van der Waals surface area contributed by atoms with E-state index < -0.39 is 5.41 Å². The van der Waals surface area contributed by atoms with E-state index >= 15 is 0 Å². The molecule has 0 aliphatic rings. The topological polar surface area (TPSA) is 74.8 Å². The lowest BCUT2D eigenvalue weighted by molar-refractivity contribution is -0.126. The summed E-state index contributed by atoms with van der Waals surface area (Å²) in [7, 11) is 0. The summed E-state index contributed by atoms with van der Waals surface area (Å²) in [6.07, 6.45) is 5.69. The smallest absolute Gasteiger partial charge is 0.233 e. The SMILES string of the molecule is CC(C)([C]=O)C(=O)NCCc1c[nH]cn1. The molecular formula is C10H14N3O2. The van der Waals surface area contributed by atoms with E-state index in [4.69, 9.17) is 0 Å². The zero-order valence-electron chi connectivity index (χ0n) is 8.83. The van der Waals surface area contributed by atoms with E-state index in [9.17, 15) is 9.59 Å². The molecule has 0 unspecified atom stereocenters. The third-order valence-corrected chi connectivity index (χ3v) is 2.04. The summed E-state index contributed by atoms with van der Waals surface area (Å²) in [6, 6.07) is 0. The normalized spacial score (nSPS) is 11.1. The van der Waals surface area contributed by atoms with Crippen molar-refractivity contribution >= 4 is 12.2 Å². The number of nitrogens with zero attached hydrogens (tertiary/aromatic N) is 1. The molecule has 0 bridgehead atoms. The highest BCUT2D eigenvalue weighted by Crippen LogP contribution is 2.10. The van der Waals surface area contributed by atoms with Crippen LogP contribution in [0.5, 0.6) is 0 Å². The second-order valence-electron chi connectivity index (χ2n) is 3.79. The molecule has 5 heteroatoms. The Balaban J connectivity index is 2.32. The van der Waals surface area contributed by atoms with Gasteiger partial charge in [-0.15, -0.1) is 0 Å². The lowest BCUT2D eigenvalue weighted by Crippen LogP contribution is -2.38. The van der Waals surface area contributed by atoms with Gasteiger partial charge in [-0.05, 0) is 13.8 Å². The minimum atomic E-state index is -1.08. The third-order valence-electron chi connectivity index (χ3n) is 2.04. The van der Waals surface area contributed by atoms with E-state index in [-0.39, 0.29) is 5.91 Å². The van der Waals surface area contributed by atoms with Gasteiger partial charge >= 0.3 is 0 Å². The minimum Gasteiger partial charge on any atom is -0.355 e. The Kier molecular flexibility index (Phi) is 3.60. The van der Waals surface area contributed by atoms with Gasteiger partial charge in [0.2, 0.25) is 12.2 Å². The van der Waals surface area contributed by atoms with Gasteiger partial charge in [0.15, 0.2) is 0 Å². The van der Waals surface area contributed by atoms with Gasteiger partial charge in [-0.25, -0.2) is 4.98 Å². The number of aromatic amines is 1. The van der Waals surface area contributed by atoms with Crippen LogP contribution in [0.3, 0.4) is 0 Å². The summed E-state index contributed by atoms with van der Waals surface area (Å²) in [4.78, 5) is 28.7. The maximum atomic E-state index is 11.4. The molecule has 0 spiro atoms. The van der Waals surface area contributed by atoms with Crippen molar-refractivity contribution in [3.8, 4) is 0 Å². The van der Waals surface area contributed by atoms with Gasteiger partial charge in [0, 0.05) is 19.2 Å². The zero-order valence-corrected chi connectivity index (χ0v) is 8.83. The molecule has 81 valence electrons. The van der Waals surface area contributed by atoms with Crippen LogP contribution in [0.25, 0.3) is 0 Å². The van der Waals surface area contributed by atoms with E-state index in [0.29, 0.717) is 13.0 Å². The Morgan fingerprint density at radius 2 is 2.40 bits per heavy atom. The molecule has 1 aromatic rings. The van der Waals surface area contributed by atoms with Crippen LogP contribution in [0.1, 0.15) is 19.5 Å². The monoisotopic (exact) mass is 208 g/mol. The first-order chi connectivity index (χ1) is 7.06. The van der Waals surface area contributed by atoms with Gasteiger partial charge in [0.25, 0.3) is 0 Å². The first kappa shape index (κ1) is 11.4. The summed E-state index contributed by atoms with van der Waals surface area (Å²) >= 11 is 0. The summed E-state index contributed by atoms with van der Waals surface area (Å²) in [6.45, 7) is 3.53. The molecule has 0 aromatic carbocycles. The largest absolute Gasteiger partial charge is 0.355 e. The second-order valence-corrected chi connectivity index (χ2v) is 3.79. The number of hydrogen-bond acceptors (Lipinski definition) is 3. The molecule has 15 heavy (non-hydrogen) atoms. The number of carbonyl (C=O) groups is 1. The Morgan fingerprint density at radius 3 is 2.93 bits per heavy atom. The third kappa shape index (κ3) is 3.19. The van der Waals surface area contributed by atoms with Crippen molar-refractivity contribution in [1.29, 1.82) is 0 Å². The van der Waals surface area contributed by atoms with E-state index in [1.807, 2.05) is 0 Å². The fourth-order valence-electron chi connectivity index (χ4n) is 0.999. The maximum absolute atomic E-state index is 11.4. The lowest BCUT2D eigenvalue weighted by Gasteiger charge is -2.14. The predicted octanol–water partition coefficient (Wildman–Crippen LogP) is 0.204. The second kappa shape index (κ2) is 4.72. The van der Waals surface area contributed by atoms with Crippen molar-refractivity contribution in [2.75, 3.05) is 6.54 Å². The Hall–Kier alpha value is -1.65. The summed E-state index contributed by atoms with van der Waals surface area (Å²) in [5.74, 6) is -0.312. The average molecular weight is 208 g/mol. The Labute approximate surface area is 88.3 Å². The standard InChI is InChI=1S/C10H14N3O2/c1-10(2,6-14)9(15)12-4-3-8-5-11-7-13-8/h5,7H,3-4H2,1-2H3,(H,11,13)(H,12,15). The first-order valence-electron chi connectivity index (χ1n) is 4.71. The molecule has 0 atom stereocenters. The molecule has 0 fully saturated rings. The fourth-order valence-corrected chi connectivity index (χ4v) is 0.999. The average Bonchev–Trinajstić information content (AvgIpc) is 2.70.